The van der Waals surface area contributed by atoms with Crippen LogP contribution in [0.25, 0.3) is 22.3 Å². The Morgan fingerprint density at radius 2 is 1.94 bits per heavy atom. The number of aromatic nitrogens is 2. The van der Waals surface area contributed by atoms with Crippen LogP contribution in [0.15, 0.2) is 72.8 Å². The van der Waals surface area contributed by atoms with Gasteiger partial charge in [0, 0.05) is 71.4 Å². The van der Waals surface area contributed by atoms with Crippen LogP contribution in [0.4, 0.5) is 14.5 Å². The van der Waals surface area contributed by atoms with Crippen molar-refractivity contribution in [3.05, 3.63) is 95.6 Å². The van der Waals surface area contributed by atoms with Crippen LogP contribution in [0.1, 0.15) is 25.0 Å². The molecule has 0 amide bonds. The Morgan fingerprint density at radius 1 is 1.12 bits per heavy atom. The molecule has 1 aliphatic rings. The van der Waals surface area contributed by atoms with E-state index in [0.717, 1.165) is 34.2 Å². The fraction of sp³-hybridized carbons (Fsp3) is 0.154. The molecule has 0 radical (unpaired) electrons. The molecule has 2 heterocycles. The third-order valence-corrected chi connectivity index (χ3v) is 5.23. The minimum absolute atomic E-state index is 0.153. The van der Waals surface area contributed by atoms with Crippen LogP contribution in [-0.4, -0.2) is 22.0 Å². The maximum atomic E-state index is 14.6. The van der Waals surface area contributed by atoms with E-state index in [0.29, 0.717) is 16.7 Å². The Balaban J connectivity index is 1.77. The van der Waals surface area contributed by atoms with Crippen LogP contribution in [0.2, 0.25) is 0 Å². The van der Waals surface area contributed by atoms with Gasteiger partial charge in [0.1, 0.15) is 11.6 Å². The Kier molecular flexibility index (Phi) is 6.22. The van der Waals surface area contributed by atoms with Gasteiger partial charge in [-0.1, -0.05) is 6.08 Å². The highest BCUT2D eigenvalue weighted by Crippen LogP contribution is 2.32. The minimum Gasteiger partial charge on any atom is -0.383 e. The zero-order valence-corrected chi connectivity index (χ0v) is 18.7. The van der Waals surface area contributed by atoms with Gasteiger partial charge in [0.15, 0.2) is 0 Å². The summed E-state index contributed by atoms with van der Waals surface area (Å²) in [7, 11) is 1.86. The third-order valence-electron chi connectivity index (χ3n) is 5.23. The third kappa shape index (κ3) is 4.92. The van der Waals surface area contributed by atoms with Gasteiger partial charge in [0.2, 0.25) is 0 Å². The fourth-order valence-corrected chi connectivity index (χ4v) is 3.74. The largest absolute Gasteiger partial charge is 0.383 e. The molecular weight excluding hydrogens is 420 g/mol. The molecule has 4 rings (SSSR count). The summed E-state index contributed by atoms with van der Waals surface area (Å²) in [4.78, 5) is 0. The van der Waals surface area contributed by atoms with Crippen molar-refractivity contribution in [1.29, 1.82) is 5.41 Å². The van der Waals surface area contributed by atoms with Crippen molar-refractivity contribution >= 4 is 23.0 Å². The number of benzene rings is 2. The number of anilines is 1. The Bertz CT molecular complexity index is 1300. The molecule has 3 N–H and O–H groups in total. The number of hydrogen-bond acceptors (Lipinski definition) is 4. The predicted molar refractivity (Wildman–Crippen MR) is 130 cm³/mol. The van der Waals surface area contributed by atoms with Gasteiger partial charge in [-0.25, -0.2) is 8.78 Å². The maximum absolute atomic E-state index is 14.6. The molecule has 1 aromatic heterocycles. The first-order valence-corrected chi connectivity index (χ1v) is 10.6. The summed E-state index contributed by atoms with van der Waals surface area (Å²) in [5, 5.41) is 18.9. The minimum atomic E-state index is -0.633. The molecule has 0 saturated heterocycles. The van der Waals surface area contributed by atoms with Crippen molar-refractivity contribution in [3.8, 4) is 11.1 Å². The summed E-state index contributed by atoms with van der Waals surface area (Å²) >= 11 is 0. The van der Waals surface area contributed by atoms with Gasteiger partial charge in [0.25, 0.3) is 0 Å². The Morgan fingerprint density at radius 3 is 2.55 bits per heavy atom. The smallest absolute Gasteiger partial charge is 0.133 e. The van der Waals surface area contributed by atoms with Crippen molar-refractivity contribution in [1.82, 2.24) is 15.1 Å². The van der Waals surface area contributed by atoms with Crippen molar-refractivity contribution in [2.45, 2.75) is 19.9 Å². The monoisotopic (exact) mass is 445 g/mol. The normalized spacial score (nSPS) is 14.7. The van der Waals surface area contributed by atoms with E-state index in [1.807, 2.05) is 63.6 Å². The molecule has 0 aliphatic carbocycles. The average molecular weight is 446 g/mol. The topological polar surface area (TPSA) is 65.7 Å². The highest BCUT2D eigenvalue weighted by atomic mass is 19.1. The molecule has 168 valence electrons. The first-order valence-electron chi connectivity index (χ1n) is 10.6. The number of nitrogens with zero attached hydrogens (tertiary/aromatic N) is 2. The lowest BCUT2D eigenvalue weighted by molar-refractivity contribution is 0.585. The molecular formula is C26H25F2N5. The Labute approximate surface area is 191 Å². The van der Waals surface area contributed by atoms with Gasteiger partial charge in [-0.3, -0.25) is 4.68 Å². The molecule has 0 spiro atoms. The number of nitrogens with one attached hydrogen (secondary N) is 3. The first-order chi connectivity index (χ1) is 15.8. The summed E-state index contributed by atoms with van der Waals surface area (Å²) in [5.41, 5.74) is 5.75. The van der Waals surface area contributed by atoms with Crippen molar-refractivity contribution in [2.75, 3.05) is 5.32 Å². The summed E-state index contributed by atoms with van der Waals surface area (Å²) in [6.45, 7) is 4.02. The molecule has 5 nitrogen and oxygen atoms in total. The molecule has 0 atom stereocenters. The number of aryl methyl sites for hydroxylation is 1. The van der Waals surface area contributed by atoms with E-state index < -0.39 is 11.6 Å². The summed E-state index contributed by atoms with van der Waals surface area (Å²) in [6.07, 6.45) is 10.7. The molecule has 0 fully saturated rings. The molecule has 1 aliphatic heterocycles. The molecule has 2 aromatic carbocycles. The van der Waals surface area contributed by atoms with Crippen LogP contribution in [0, 0.1) is 17.0 Å². The zero-order chi connectivity index (χ0) is 23.5. The SMILES string of the molecule is CC(C)Nc1cc(/C(C=N)=C2\C=CC(c3cnn(C)c3)=CN2)cc(-c2ccc(F)cc2F)c1. The lowest BCUT2D eigenvalue weighted by atomic mass is 9.95. The van der Waals surface area contributed by atoms with Gasteiger partial charge in [-0.15, -0.1) is 0 Å². The van der Waals surface area contributed by atoms with E-state index in [1.165, 1.54) is 18.3 Å². The van der Waals surface area contributed by atoms with E-state index in [1.54, 1.807) is 10.9 Å². The highest BCUT2D eigenvalue weighted by molar-refractivity contribution is 6.11. The van der Waals surface area contributed by atoms with Crippen LogP contribution in [-0.2, 0) is 7.05 Å². The van der Waals surface area contributed by atoms with Crippen molar-refractivity contribution in [3.63, 3.8) is 0 Å². The molecule has 0 saturated carbocycles. The van der Waals surface area contributed by atoms with Crippen LogP contribution in [0.5, 0.6) is 0 Å². The van der Waals surface area contributed by atoms with Crippen LogP contribution < -0.4 is 10.6 Å². The lowest BCUT2D eigenvalue weighted by Gasteiger charge is -2.18. The number of dihydropyridines is 1. The predicted octanol–water partition coefficient (Wildman–Crippen LogP) is 5.75. The number of hydrogen-bond donors (Lipinski definition) is 3. The standard InChI is InChI=1S/C26H25F2N5/c1-16(2)32-22-9-18(23-6-5-21(27)11-25(23)28)8-19(10-22)24(12-29)26-7-4-17(13-30-26)20-14-31-33(3)15-20/h4-16,29-30,32H,1-3H3/b26-24+,29-12?. The van der Waals surface area contributed by atoms with E-state index in [-0.39, 0.29) is 6.04 Å². The highest BCUT2D eigenvalue weighted by Gasteiger charge is 2.14. The zero-order valence-electron chi connectivity index (χ0n) is 18.7. The molecule has 3 aromatic rings. The molecule has 33 heavy (non-hydrogen) atoms. The van der Waals surface area contributed by atoms with Gasteiger partial charge in [0.05, 0.1) is 6.20 Å². The van der Waals surface area contributed by atoms with E-state index in [9.17, 15) is 8.78 Å². The number of halogens is 2. The van der Waals surface area contributed by atoms with E-state index in [4.69, 9.17) is 5.41 Å². The van der Waals surface area contributed by atoms with Gasteiger partial charge >= 0.3 is 0 Å². The van der Waals surface area contributed by atoms with Gasteiger partial charge < -0.3 is 16.0 Å². The summed E-state index contributed by atoms with van der Waals surface area (Å²) < 4.78 is 29.7. The number of allylic oxidation sites excluding steroid dienone is 4. The van der Waals surface area contributed by atoms with Crippen LogP contribution >= 0.6 is 0 Å². The molecule has 0 unspecified atom stereocenters. The maximum Gasteiger partial charge on any atom is 0.133 e. The Hall–Kier alpha value is -4.00. The second kappa shape index (κ2) is 9.24. The second-order valence-corrected chi connectivity index (χ2v) is 8.17. The first kappa shape index (κ1) is 22.2. The van der Waals surface area contributed by atoms with Crippen molar-refractivity contribution in [2.24, 2.45) is 7.05 Å². The van der Waals surface area contributed by atoms with E-state index in [2.05, 4.69) is 15.7 Å². The summed E-state index contributed by atoms with van der Waals surface area (Å²) in [6, 6.07) is 9.27. The van der Waals surface area contributed by atoms with Crippen molar-refractivity contribution < 1.29 is 8.78 Å². The van der Waals surface area contributed by atoms with Crippen LogP contribution in [0.3, 0.4) is 0 Å². The van der Waals surface area contributed by atoms with Gasteiger partial charge in [-0.05, 0) is 61.4 Å². The lowest BCUT2D eigenvalue weighted by Crippen LogP contribution is -2.12. The molecule has 7 heteroatoms. The molecule has 0 bridgehead atoms. The quantitative estimate of drug-likeness (QED) is 0.424. The number of rotatable bonds is 6. The summed E-state index contributed by atoms with van der Waals surface area (Å²) in [5.74, 6) is -1.26. The van der Waals surface area contributed by atoms with Gasteiger partial charge in [-0.2, -0.15) is 5.10 Å². The average Bonchev–Trinajstić information content (AvgIpc) is 3.20. The second-order valence-electron chi connectivity index (χ2n) is 8.17. The van der Waals surface area contributed by atoms with E-state index >= 15 is 0 Å². The fourth-order valence-electron chi connectivity index (χ4n) is 3.74.